The Morgan fingerprint density at radius 3 is 1.86 bits per heavy atom. The average molecular weight is 478 g/mol. The maximum Gasteiger partial charge on any atom is 0.354 e. The lowest BCUT2D eigenvalue weighted by molar-refractivity contribution is -0.135. The summed E-state index contributed by atoms with van der Waals surface area (Å²) < 4.78 is 4.95. The summed E-state index contributed by atoms with van der Waals surface area (Å²) in [6, 6.07) is 32.8. The highest BCUT2D eigenvalue weighted by molar-refractivity contribution is 6.09. The van der Waals surface area contributed by atoms with Gasteiger partial charge < -0.3 is 15.2 Å². The van der Waals surface area contributed by atoms with E-state index < -0.39 is 11.6 Å². The number of para-hydroxylation sites is 1. The Balaban J connectivity index is 1.82. The van der Waals surface area contributed by atoms with Gasteiger partial charge in [0.2, 0.25) is 0 Å². The second-order valence-electron chi connectivity index (χ2n) is 8.39. The monoisotopic (exact) mass is 477 g/mol. The van der Waals surface area contributed by atoms with Crippen LogP contribution in [0.25, 0.3) is 0 Å². The van der Waals surface area contributed by atoms with Gasteiger partial charge in [-0.2, -0.15) is 0 Å². The van der Waals surface area contributed by atoms with E-state index in [1.807, 2.05) is 85.8 Å². The summed E-state index contributed by atoms with van der Waals surface area (Å²) in [6.45, 7) is 1.93. The number of anilines is 1. The molecule has 0 unspecified atom stereocenters. The van der Waals surface area contributed by atoms with Crippen LogP contribution in [-0.2, 0) is 15.1 Å². The zero-order valence-electron chi connectivity index (χ0n) is 20.1. The van der Waals surface area contributed by atoms with Gasteiger partial charge in [-0.3, -0.25) is 4.79 Å². The Labute approximate surface area is 210 Å². The van der Waals surface area contributed by atoms with E-state index >= 15 is 0 Å². The van der Waals surface area contributed by atoms with Gasteiger partial charge in [-0.05, 0) is 24.1 Å². The number of aryl methyl sites for hydroxylation is 1. The minimum Gasteiger partial charge on any atom is -0.464 e. The third kappa shape index (κ3) is 5.11. The Morgan fingerprint density at radius 2 is 1.31 bits per heavy atom. The lowest BCUT2D eigenvalue weighted by atomic mass is 9.79. The van der Waals surface area contributed by atoms with Crippen LogP contribution in [0.2, 0.25) is 0 Å². The van der Waals surface area contributed by atoms with E-state index in [1.165, 1.54) is 13.2 Å². The van der Waals surface area contributed by atoms with Crippen LogP contribution in [-0.4, -0.2) is 24.0 Å². The highest BCUT2D eigenvalue weighted by Crippen LogP contribution is 2.40. The van der Waals surface area contributed by atoms with Crippen LogP contribution in [0, 0.1) is 6.92 Å². The number of benzene rings is 4. The van der Waals surface area contributed by atoms with E-state index in [0.717, 1.165) is 5.56 Å². The first-order chi connectivity index (χ1) is 17.4. The van der Waals surface area contributed by atoms with E-state index in [9.17, 15) is 14.7 Å². The predicted octanol–water partition coefficient (Wildman–Crippen LogP) is 5.63. The van der Waals surface area contributed by atoms with Gasteiger partial charge in [-0.15, -0.1) is 0 Å². The lowest BCUT2D eigenvalue weighted by Crippen LogP contribution is -2.30. The molecule has 0 aliphatic rings. The largest absolute Gasteiger partial charge is 0.464 e. The van der Waals surface area contributed by atoms with Crippen molar-refractivity contribution in [2.24, 2.45) is 0 Å². The maximum absolute atomic E-state index is 12.9. The quantitative estimate of drug-likeness (QED) is 0.149. The van der Waals surface area contributed by atoms with Gasteiger partial charge in [0, 0.05) is 22.9 Å². The number of hydrogen-bond donors (Lipinski definition) is 2. The second kappa shape index (κ2) is 10.8. The van der Waals surface area contributed by atoms with E-state index in [4.69, 9.17) is 4.74 Å². The number of hydrogen-bond acceptors (Lipinski definition) is 5. The lowest BCUT2D eigenvalue weighted by Gasteiger charge is -2.32. The molecular formula is C31H27NO4. The second-order valence-corrected chi connectivity index (χ2v) is 8.39. The molecular weight excluding hydrogens is 450 g/mol. The average Bonchev–Trinajstić information content (AvgIpc) is 2.93. The fraction of sp³-hybridized carbons (Fsp3) is 0.0968. The molecule has 2 N–H and O–H groups in total. The number of ether oxygens (including phenoxy) is 1. The summed E-state index contributed by atoms with van der Waals surface area (Å²) in [5.74, 6) is -1.05. The summed E-state index contributed by atoms with van der Waals surface area (Å²) in [5, 5.41) is 15.3. The normalized spacial score (nSPS) is 11.6. The summed E-state index contributed by atoms with van der Waals surface area (Å²) in [5.41, 5.74) is 2.18. The van der Waals surface area contributed by atoms with Crippen molar-refractivity contribution in [2.75, 3.05) is 12.4 Å². The molecule has 0 fully saturated rings. The Morgan fingerprint density at radius 1 is 0.778 bits per heavy atom. The Hall–Kier alpha value is -4.48. The van der Waals surface area contributed by atoms with Crippen molar-refractivity contribution in [2.45, 2.75) is 12.5 Å². The van der Waals surface area contributed by atoms with Crippen LogP contribution in [0.3, 0.4) is 0 Å². The van der Waals surface area contributed by atoms with Crippen LogP contribution < -0.4 is 5.32 Å². The molecule has 0 spiro atoms. The van der Waals surface area contributed by atoms with Crippen molar-refractivity contribution < 1.29 is 19.4 Å². The van der Waals surface area contributed by atoms with Crippen molar-refractivity contribution in [3.8, 4) is 0 Å². The topological polar surface area (TPSA) is 75.6 Å². The number of nitrogens with one attached hydrogen (secondary N) is 1. The summed E-state index contributed by atoms with van der Waals surface area (Å²) >= 11 is 0. The molecule has 36 heavy (non-hydrogen) atoms. The van der Waals surface area contributed by atoms with E-state index in [1.54, 1.807) is 30.3 Å². The number of allylic oxidation sites excluding steroid dienone is 1. The molecule has 4 aromatic carbocycles. The zero-order chi connectivity index (χ0) is 25.5. The number of carbonyl (C=O) groups is 2. The first-order valence-corrected chi connectivity index (χ1v) is 11.5. The van der Waals surface area contributed by atoms with E-state index in [0.29, 0.717) is 27.9 Å². The van der Waals surface area contributed by atoms with Gasteiger partial charge in [-0.1, -0.05) is 109 Å². The summed E-state index contributed by atoms with van der Waals surface area (Å²) in [7, 11) is 1.25. The van der Waals surface area contributed by atoms with Crippen molar-refractivity contribution in [1.29, 1.82) is 0 Å². The molecule has 180 valence electrons. The summed E-state index contributed by atoms with van der Waals surface area (Å²) in [6.07, 6.45) is 1.22. The SMILES string of the molecule is COC(=O)/C(=C/C(=O)c1ccc(C)cc1)Nc1ccccc1C(O)(c1ccccc1)c1ccccc1. The third-order valence-corrected chi connectivity index (χ3v) is 5.99. The van der Waals surface area contributed by atoms with Crippen LogP contribution in [0.1, 0.15) is 32.6 Å². The number of carbonyl (C=O) groups excluding carboxylic acids is 2. The standard InChI is InChI=1S/C31H27NO4/c1-22-17-19-23(20-18-22)29(33)21-28(30(34)36-2)32-27-16-10-9-15-26(27)31(35,24-11-5-3-6-12-24)25-13-7-4-8-14-25/h3-21,32,35H,1-2H3/b28-21-. The molecule has 0 atom stereocenters. The van der Waals surface area contributed by atoms with Gasteiger partial charge in [0.25, 0.3) is 0 Å². The maximum atomic E-state index is 12.9. The molecule has 4 rings (SSSR count). The zero-order valence-corrected chi connectivity index (χ0v) is 20.1. The highest BCUT2D eigenvalue weighted by Gasteiger charge is 2.36. The Bertz CT molecular complexity index is 1340. The van der Waals surface area contributed by atoms with E-state index in [2.05, 4.69) is 5.32 Å². The van der Waals surface area contributed by atoms with Gasteiger partial charge in [-0.25, -0.2) is 4.79 Å². The fourth-order valence-corrected chi connectivity index (χ4v) is 4.08. The van der Waals surface area contributed by atoms with Crippen LogP contribution >= 0.6 is 0 Å². The molecule has 0 bridgehead atoms. The number of aliphatic hydroxyl groups is 1. The van der Waals surface area contributed by atoms with Crippen molar-refractivity contribution >= 4 is 17.4 Å². The van der Waals surface area contributed by atoms with Crippen LogP contribution in [0.5, 0.6) is 0 Å². The third-order valence-electron chi connectivity index (χ3n) is 5.99. The minimum atomic E-state index is -1.53. The molecule has 0 aromatic heterocycles. The highest BCUT2D eigenvalue weighted by atomic mass is 16.5. The first-order valence-electron chi connectivity index (χ1n) is 11.5. The number of esters is 1. The molecule has 0 aliphatic carbocycles. The van der Waals surface area contributed by atoms with Gasteiger partial charge in [0.15, 0.2) is 5.78 Å². The Kier molecular flexibility index (Phi) is 7.42. The molecule has 5 nitrogen and oxygen atoms in total. The van der Waals surface area contributed by atoms with Crippen LogP contribution in [0.4, 0.5) is 5.69 Å². The molecule has 0 aliphatic heterocycles. The number of rotatable bonds is 8. The molecule has 4 aromatic rings. The van der Waals surface area contributed by atoms with Crippen molar-refractivity contribution in [3.63, 3.8) is 0 Å². The minimum absolute atomic E-state index is 0.0426. The molecule has 5 heteroatoms. The number of ketones is 1. The van der Waals surface area contributed by atoms with E-state index in [-0.39, 0.29) is 11.5 Å². The first kappa shape index (κ1) is 24.6. The van der Waals surface area contributed by atoms with Crippen molar-refractivity contribution in [3.05, 3.63) is 149 Å². The van der Waals surface area contributed by atoms with Crippen LogP contribution in [0.15, 0.2) is 121 Å². The fourth-order valence-electron chi connectivity index (χ4n) is 4.08. The molecule has 0 saturated carbocycles. The van der Waals surface area contributed by atoms with Crippen molar-refractivity contribution in [1.82, 2.24) is 0 Å². The number of methoxy groups -OCH3 is 1. The molecule has 0 amide bonds. The predicted molar refractivity (Wildman–Crippen MR) is 141 cm³/mol. The van der Waals surface area contributed by atoms with Gasteiger partial charge in [0.1, 0.15) is 11.3 Å². The smallest absolute Gasteiger partial charge is 0.354 e. The van der Waals surface area contributed by atoms with Gasteiger partial charge >= 0.3 is 5.97 Å². The summed E-state index contributed by atoms with van der Waals surface area (Å²) in [4.78, 5) is 25.6. The molecule has 0 saturated heterocycles. The van der Waals surface area contributed by atoms with Gasteiger partial charge in [0.05, 0.1) is 7.11 Å². The molecule has 0 radical (unpaired) electrons. The molecule has 0 heterocycles.